The Morgan fingerprint density at radius 2 is 1.95 bits per heavy atom. The number of hydrogen-bond donors (Lipinski definition) is 2. The molecule has 2 amide bonds. The Bertz CT molecular complexity index is 487. The number of nitrogens with one attached hydrogen (secondary N) is 2. The molecule has 2 N–H and O–H groups in total. The zero-order chi connectivity index (χ0) is 14.4. The summed E-state index contributed by atoms with van der Waals surface area (Å²) in [5, 5.41) is 5.64. The van der Waals surface area contributed by atoms with Crippen molar-refractivity contribution < 1.29 is 9.59 Å². The summed E-state index contributed by atoms with van der Waals surface area (Å²) in [5.41, 5.74) is 1.14. The molecule has 1 fully saturated rings. The molecule has 2 rings (SSSR count). The van der Waals surface area contributed by atoms with Crippen LogP contribution in [0.1, 0.15) is 24.8 Å². The Balaban J connectivity index is 1.57. The van der Waals surface area contributed by atoms with E-state index in [2.05, 4.69) is 26.6 Å². The summed E-state index contributed by atoms with van der Waals surface area (Å²) >= 11 is 3.41. The van der Waals surface area contributed by atoms with Gasteiger partial charge in [-0.05, 0) is 37.0 Å². The van der Waals surface area contributed by atoms with E-state index in [9.17, 15) is 9.59 Å². The molecule has 1 aromatic carbocycles. The van der Waals surface area contributed by atoms with Gasteiger partial charge in [0, 0.05) is 29.9 Å². The quantitative estimate of drug-likeness (QED) is 0.747. The minimum atomic E-state index is 0.0191. The molecule has 0 bridgehead atoms. The van der Waals surface area contributed by atoms with E-state index < -0.39 is 0 Å². The van der Waals surface area contributed by atoms with E-state index in [1.165, 1.54) is 0 Å². The molecule has 20 heavy (non-hydrogen) atoms. The molecule has 0 radical (unpaired) electrons. The number of carbonyl (C=O) groups excluding carboxylic acids is 2. The van der Waals surface area contributed by atoms with Crippen molar-refractivity contribution in [3.05, 3.63) is 34.3 Å². The Labute approximate surface area is 127 Å². The molecule has 1 aromatic rings. The van der Waals surface area contributed by atoms with Crippen LogP contribution >= 0.6 is 15.9 Å². The monoisotopic (exact) mass is 338 g/mol. The Kier molecular flexibility index (Phi) is 5.59. The normalized spacial score (nSPS) is 13.8. The van der Waals surface area contributed by atoms with Gasteiger partial charge < -0.3 is 10.6 Å². The van der Waals surface area contributed by atoms with Gasteiger partial charge in [-0.3, -0.25) is 9.59 Å². The number of rotatable bonds is 7. The van der Waals surface area contributed by atoms with Crippen molar-refractivity contribution in [2.24, 2.45) is 5.92 Å². The van der Waals surface area contributed by atoms with Crippen molar-refractivity contribution >= 4 is 27.7 Å². The van der Waals surface area contributed by atoms with E-state index in [0.717, 1.165) is 29.3 Å². The maximum absolute atomic E-state index is 11.7. The maximum Gasteiger partial charge on any atom is 0.223 e. The second-order valence-corrected chi connectivity index (χ2v) is 5.96. The second kappa shape index (κ2) is 7.43. The molecule has 0 heterocycles. The third kappa shape index (κ3) is 5.33. The molecule has 5 heteroatoms. The van der Waals surface area contributed by atoms with Gasteiger partial charge in [-0.1, -0.05) is 28.1 Å². The summed E-state index contributed by atoms with van der Waals surface area (Å²) in [6.45, 7) is 1.01. The smallest absolute Gasteiger partial charge is 0.223 e. The molecule has 0 aromatic heterocycles. The lowest BCUT2D eigenvalue weighted by Crippen LogP contribution is -2.35. The van der Waals surface area contributed by atoms with Crippen LogP contribution in [0.25, 0.3) is 0 Å². The van der Waals surface area contributed by atoms with Gasteiger partial charge in [-0.2, -0.15) is 0 Å². The van der Waals surface area contributed by atoms with Crippen LogP contribution in [-0.2, 0) is 16.0 Å². The first-order valence-electron chi connectivity index (χ1n) is 6.94. The summed E-state index contributed by atoms with van der Waals surface area (Å²) in [6.07, 6.45) is 3.20. The summed E-state index contributed by atoms with van der Waals surface area (Å²) in [7, 11) is 0. The molecule has 0 unspecified atom stereocenters. The third-order valence-electron chi connectivity index (χ3n) is 3.22. The van der Waals surface area contributed by atoms with Crippen LogP contribution in [0, 0.1) is 5.92 Å². The minimum absolute atomic E-state index is 0.0191. The lowest BCUT2D eigenvalue weighted by Gasteiger charge is -2.07. The molecule has 1 aliphatic rings. The first-order valence-corrected chi connectivity index (χ1v) is 7.73. The number of hydrogen-bond acceptors (Lipinski definition) is 2. The predicted molar refractivity (Wildman–Crippen MR) is 81.2 cm³/mol. The van der Waals surface area contributed by atoms with Gasteiger partial charge in [-0.15, -0.1) is 0 Å². The van der Waals surface area contributed by atoms with E-state index in [1.54, 1.807) is 0 Å². The fourth-order valence-corrected chi connectivity index (χ4v) is 2.36. The average molecular weight is 339 g/mol. The number of benzene rings is 1. The van der Waals surface area contributed by atoms with Crippen LogP contribution in [0.15, 0.2) is 28.7 Å². The highest BCUT2D eigenvalue weighted by Gasteiger charge is 2.28. The Hall–Kier alpha value is -1.36. The molecular formula is C15H19BrN2O2. The zero-order valence-electron chi connectivity index (χ0n) is 11.3. The largest absolute Gasteiger partial charge is 0.354 e. The standard InChI is InChI=1S/C15H19BrN2O2/c16-13-3-1-2-11(10-13)4-7-14(19)17-8-9-18-15(20)12-5-6-12/h1-3,10,12H,4-9H2,(H,17,19)(H,18,20). The first kappa shape index (κ1) is 15.0. The fourth-order valence-electron chi connectivity index (χ4n) is 1.92. The molecule has 0 spiro atoms. The lowest BCUT2D eigenvalue weighted by molar-refractivity contribution is -0.123. The molecule has 0 saturated heterocycles. The second-order valence-electron chi connectivity index (χ2n) is 5.05. The van der Waals surface area contributed by atoms with E-state index in [0.29, 0.717) is 19.5 Å². The highest BCUT2D eigenvalue weighted by molar-refractivity contribution is 9.10. The summed E-state index contributed by atoms with van der Waals surface area (Å²) in [5.74, 6) is 0.362. The van der Waals surface area contributed by atoms with Crippen molar-refractivity contribution in [1.82, 2.24) is 10.6 Å². The fraction of sp³-hybridized carbons (Fsp3) is 0.467. The molecule has 1 aliphatic carbocycles. The van der Waals surface area contributed by atoms with Gasteiger partial charge in [-0.25, -0.2) is 0 Å². The number of aryl methyl sites for hydroxylation is 1. The van der Waals surface area contributed by atoms with Crippen LogP contribution in [0.2, 0.25) is 0 Å². The highest BCUT2D eigenvalue weighted by Crippen LogP contribution is 2.28. The van der Waals surface area contributed by atoms with Gasteiger partial charge in [0.05, 0.1) is 0 Å². The summed E-state index contributed by atoms with van der Waals surface area (Å²) in [6, 6.07) is 7.95. The van der Waals surface area contributed by atoms with Crippen molar-refractivity contribution in [2.75, 3.05) is 13.1 Å². The van der Waals surface area contributed by atoms with Crippen molar-refractivity contribution in [3.63, 3.8) is 0 Å². The van der Waals surface area contributed by atoms with Crippen LogP contribution < -0.4 is 10.6 Å². The Morgan fingerprint density at radius 3 is 2.65 bits per heavy atom. The third-order valence-corrected chi connectivity index (χ3v) is 3.72. The minimum Gasteiger partial charge on any atom is -0.354 e. The summed E-state index contributed by atoms with van der Waals surface area (Å²) in [4.78, 5) is 23.0. The molecule has 108 valence electrons. The predicted octanol–water partition coefficient (Wildman–Crippen LogP) is 2.02. The molecule has 1 saturated carbocycles. The molecular weight excluding hydrogens is 320 g/mol. The number of amides is 2. The van der Waals surface area contributed by atoms with Gasteiger partial charge in [0.25, 0.3) is 0 Å². The Morgan fingerprint density at radius 1 is 1.20 bits per heavy atom. The average Bonchev–Trinajstić information content (AvgIpc) is 3.26. The van der Waals surface area contributed by atoms with Crippen LogP contribution in [0.4, 0.5) is 0 Å². The van der Waals surface area contributed by atoms with Crippen LogP contribution in [0.3, 0.4) is 0 Å². The van der Waals surface area contributed by atoms with Gasteiger partial charge in [0.15, 0.2) is 0 Å². The van der Waals surface area contributed by atoms with Crippen LogP contribution in [0.5, 0.6) is 0 Å². The van der Waals surface area contributed by atoms with Gasteiger partial charge in [0.2, 0.25) is 11.8 Å². The van der Waals surface area contributed by atoms with Crippen molar-refractivity contribution in [1.29, 1.82) is 0 Å². The van der Waals surface area contributed by atoms with E-state index >= 15 is 0 Å². The SMILES string of the molecule is O=C(CCc1cccc(Br)c1)NCCNC(=O)C1CC1. The van der Waals surface area contributed by atoms with Crippen molar-refractivity contribution in [2.45, 2.75) is 25.7 Å². The van der Waals surface area contributed by atoms with Gasteiger partial charge >= 0.3 is 0 Å². The van der Waals surface area contributed by atoms with Gasteiger partial charge in [0.1, 0.15) is 0 Å². The molecule has 4 nitrogen and oxygen atoms in total. The zero-order valence-corrected chi connectivity index (χ0v) is 12.9. The number of carbonyl (C=O) groups is 2. The van der Waals surface area contributed by atoms with Crippen molar-refractivity contribution in [3.8, 4) is 0 Å². The molecule has 0 atom stereocenters. The highest BCUT2D eigenvalue weighted by atomic mass is 79.9. The molecule has 0 aliphatic heterocycles. The van der Waals surface area contributed by atoms with Crippen LogP contribution in [-0.4, -0.2) is 24.9 Å². The van der Waals surface area contributed by atoms with E-state index in [-0.39, 0.29) is 17.7 Å². The first-order chi connectivity index (χ1) is 9.65. The van der Waals surface area contributed by atoms with E-state index in [1.807, 2.05) is 24.3 Å². The number of halogens is 1. The van der Waals surface area contributed by atoms with E-state index in [4.69, 9.17) is 0 Å². The summed E-state index contributed by atoms with van der Waals surface area (Å²) < 4.78 is 1.03. The lowest BCUT2D eigenvalue weighted by atomic mass is 10.1. The topological polar surface area (TPSA) is 58.2 Å². The maximum atomic E-state index is 11.7.